The summed E-state index contributed by atoms with van der Waals surface area (Å²) < 4.78 is 11.2. The van der Waals surface area contributed by atoms with Crippen LogP contribution in [0.1, 0.15) is 63.5 Å². The molecule has 1 aliphatic carbocycles. The Morgan fingerprint density at radius 3 is 2.50 bits per heavy atom. The third-order valence-corrected chi connectivity index (χ3v) is 7.62. The zero-order valence-electron chi connectivity index (χ0n) is 18.4. The maximum atomic E-state index is 5.66. The van der Waals surface area contributed by atoms with Gasteiger partial charge in [0, 0.05) is 19.1 Å². The van der Waals surface area contributed by atoms with E-state index in [0.29, 0.717) is 0 Å². The van der Waals surface area contributed by atoms with Crippen LogP contribution < -0.4 is 9.47 Å². The van der Waals surface area contributed by atoms with Gasteiger partial charge >= 0.3 is 0 Å². The molecule has 5 rings (SSSR count). The van der Waals surface area contributed by atoms with Crippen LogP contribution in [0.5, 0.6) is 11.5 Å². The van der Waals surface area contributed by atoms with Crippen molar-refractivity contribution in [3.05, 3.63) is 28.8 Å². The van der Waals surface area contributed by atoms with E-state index in [0.717, 1.165) is 35.3 Å². The van der Waals surface area contributed by atoms with Gasteiger partial charge in [0.25, 0.3) is 0 Å². The van der Waals surface area contributed by atoms with Crippen LogP contribution in [-0.2, 0) is 0 Å². The molecule has 0 radical (unpaired) electrons. The summed E-state index contributed by atoms with van der Waals surface area (Å²) in [6.45, 7) is 9.51. The van der Waals surface area contributed by atoms with E-state index in [1.54, 1.807) is 25.4 Å². The number of ether oxygens (including phenoxy) is 2. The van der Waals surface area contributed by atoms with Gasteiger partial charge < -0.3 is 9.47 Å². The van der Waals surface area contributed by atoms with Crippen LogP contribution >= 0.6 is 0 Å². The molecule has 0 aromatic heterocycles. The van der Waals surface area contributed by atoms with Crippen LogP contribution in [0, 0.1) is 24.7 Å². The Balaban J connectivity index is 1.83. The smallest absolute Gasteiger partial charge is 0.161 e. The molecule has 0 amide bonds. The molecule has 1 saturated carbocycles. The van der Waals surface area contributed by atoms with Crippen molar-refractivity contribution >= 4 is 5.57 Å². The highest BCUT2D eigenvalue weighted by molar-refractivity contribution is 5.74. The van der Waals surface area contributed by atoms with Crippen LogP contribution in [-0.4, -0.2) is 38.3 Å². The van der Waals surface area contributed by atoms with Gasteiger partial charge in [-0.3, -0.25) is 4.90 Å². The zero-order valence-corrected chi connectivity index (χ0v) is 18.4. The number of benzene rings is 1. The van der Waals surface area contributed by atoms with E-state index in [1.807, 2.05) is 0 Å². The Hall–Kier alpha value is -1.48. The number of nitrogens with zero attached hydrogens (tertiary/aromatic N) is 1. The van der Waals surface area contributed by atoms with E-state index in [2.05, 4.69) is 37.8 Å². The predicted octanol–water partition coefficient (Wildman–Crippen LogP) is 5.71. The number of piperidine rings is 2. The first-order valence-electron chi connectivity index (χ1n) is 11.3. The molecule has 28 heavy (non-hydrogen) atoms. The van der Waals surface area contributed by atoms with E-state index in [-0.39, 0.29) is 0 Å². The summed E-state index contributed by atoms with van der Waals surface area (Å²) in [5, 5.41) is 0. The largest absolute Gasteiger partial charge is 0.493 e. The molecular formula is C25H37NO2. The molecular weight excluding hydrogens is 346 g/mol. The van der Waals surface area contributed by atoms with E-state index in [9.17, 15) is 0 Å². The first-order valence-corrected chi connectivity index (χ1v) is 11.3. The molecule has 4 bridgehead atoms. The molecule has 5 unspecified atom stereocenters. The minimum absolute atomic E-state index is 0.752. The third-order valence-electron chi connectivity index (χ3n) is 7.62. The maximum Gasteiger partial charge on any atom is 0.161 e. The quantitative estimate of drug-likeness (QED) is 0.628. The second kappa shape index (κ2) is 8.10. The average Bonchev–Trinajstić information content (AvgIpc) is 2.83. The highest BCUT2D eigenvalue weighted by Crippen LogP contribution is 2.51. The molecule has 3 heterocycles. The van der Waals surface area contributed by atoms with Crippen LogP contribution in [0.15, 0.2) is 17.7 Å². The summed E-state index contributed by atoms with van der Waals surface area (Å²) in [4.78, 5) is 2.86. The summed E-state index contributed by atoms with van der Waals surface area (Å²) in [5.41, 5.74) is 6.06. The lowest BCUT2D eigenvalue weighted by Crippen LogP contribution is -2.57. The van der Waals surface area contributed by atoms with Crippen LogP contribution in [0.4, 0.5) is 0 Å². The Morgan fingerprint density at radius 2 is 1.82 bits per heavy atom. The molecule has 4 aliphatic rings. The molecule has 3 aliphatic heterocycles. The van der Waals surface area contributed by atoms with E-state index < -0.39 is 0 Å². The SMILES string of the molecule is CCCC1=C(c2cc(OC)c(OC)cc2C)CCN2CC3CC(CC)C2C1C3. The van der Waals surface area contributed by atoms with Crippen molar-refractivity contribution in [1.82, 2.24) is 4.90 Å². The van der Waals surface area contributed by atoms with Gasteiger partial charge in [0.2, 0.25) is 0 Å². The highest BCUT2D eigenvalue weighted by Gasteiger charge is 2.48. The van der Waals surface area contributed by atoms with E-state index in [4.69, 9.17) is 9.47 Å². The molecule has 3 heteroatoms. The third kappa shape index (κ3) is 3.26. The molecule has 154 valence electrons. The Bertz CT molecular complexity index is 753. The molecule has 1 aromatic rings. The standard InChI is InChI=1S/C25H37NO2/c1-6-8-19-20(21-14-24(28-5)23(27-4)11-16(21)3)9-10-26-15-17-12-18(7-2)25(26)22(19)13-17/h11,14,17-18,22,25H,6-10,12-13,15H2,1-5H3. The summed E-state index contributed by atoms with van der Waals surface area (Å²) in [7, 11) is 3.47. The second-order valence-corrected chi connectivity index (χ2v) is 9.12. The van der Waals surface area contributed by atoms with Crippen LogP contribution in [0.3, 0.4) is 0 Å². The summed E-state index contributed by atoms with van der Waals surface area (Å²) >= 11 is 0. The Morgan fingerprint density at radius 1 is 1.07 bits per heavy atom. The Labute approximate surface area is 171 Å². The fourth-order valence-corrected chi connectivity index (χ4v) is 6.50. The van der Waals surface area contributed by atoms with Gasteiger partial charge in [0.15, 0.2) is 11.5 Å². The van der Waals surface area contributed by atoms with E-state index in [1.165, 1.54) is 62.7 Å². The minimum atomic E-state index is 0.752. The second-order valence-electron chi connectivity index (χ2n) is 9.12. The number of hydrogen-bond donors (Lipinski definition) is 0. The lowest BCUT2D eigenvalue weighted by molar-refractivity contribution is -0.0275. The molecule has 2 saturated heterocycles. The van der Waals surface area contributed by atoms with Crippen molar-refractivity contribution in [2.75, 3.05) is 27.3 Å². The summed E-state index contributed by atoms with van der Waals surface area (Å²) in [6, 6.07) is 5.16. The summed E-state index contributed by atoms with van der Waals surface area (Å²) in [6.07, 6.45) is 7.83. The lowest BCUT2D eigenvalue weighted by Gasteiger charge is -2.54. The van der Waals surface area contributed by atoms with E-state index >= 15 is 0 Å². The average molecular weight is 384 g/mol. The molecule has 5 atom stereocenters. The van der Waals surface area contributed by atoms with Gasteiger partial charge in [-0.25, -0.2) is 0 Å². The van der Waals surface area contributed by atoms with Crippen molar-refractivity contribution in [2.24, 2.45) is 17.8 Å². The van der Waals surface area contributed by atoms with Gasteiger partial charge in [-0.2, -0.15) is 0 Å². The fraction of sp³-hybridized carbons (Fsp3) is 0.680. The number of aryl methyl sites for hydroxylation is 1. The molecule has 3 fully saturated rings. The maximum absolute atomic E-state index is 5.66. The van der Waals surface area contributed by atoms with Gasteiger partial charge in [-0.15, -0.1) is 0 Å². The Kier molecular flexibility index (Phi) is 5.73. The molecule has 0 N–H and O–H groups in total. The number of rotatable bonds is 6. The van der Waals surface area contributed by atoms with Gasteiger partial charge in [0.05, 0.1) is 14.2 Å². The van der Waals surface area contributed by atoms with Crippen molar-refractivity contribution in [3.8, 4) is 11.5 Å². The van der Waals surface area contributed by atoms with Gasteiger partial charge in [0.1, 0.15) is 0 Å². The van der Waals surface area contributed by atoms with Gasteiger partial charge in [-0.1, -0.05) is 32.3 Å². The number of methoxy groups -OCH3 is 2. The van der Waals surface area contributed by atoms with Crippen molar-refractivity contribution < 1.29 is 9.47 Å². The van der Waals surface area contributed by atoms with Crippen molar-refractivity contribution in [1.29, 1.82) is 0 Å². The first-order chi connectivity index (χ1) is 13.6. The molecule has 0 spiro atoms. The normalized spacial score (nSPS) is 31.7. The van der Waals surface area contributed by atoms with Crippen LogP contribution in [0.2, 0.25) is 0 Å². The topological polar surface area (TPSA) is 21.7 Å². The lowest BCUT2D eigenvalue weighted by atomic mass is 9.63. The predicted molar refractivity (Wildman–Crippen MR) is 116 cm³/mol. The molecule has 1 aromatic carbocycles. The van der Waals surface area contributed by atoms with Crippen molar-refractivity contribution in [2.45, 2.75) is 65.3 Å². The number of hydrogen-bond acceptors (Lipinski definition) is 3. The summed E-state index contributed by atoms with van der Waals surface area (Å²) in [5.74, 6) is 4.23. The zero-order chi connectivity index (χ0) is 19.8. The first kappa shape index (κ1) is 19.8. The molecule has 3 nitrogen and oxygen atoms in total. The van der Waals surface area contributed by atoms with Crippen molar-refractivity contribution in [3.63, 3.8) is 0 Å². The highest BCUT2D eigenvalue weighted by atomic mass is 16.5. The van der Waals surface area contributed by atoms with Crippen LogP contribution in [0.25, 0.3) is 5.57 Å². The minimum Gasteiger partial charge on any atom is -0.493 e. The van der Waals surface area contributed by atoms with Gasteiger partial charge in [-0.05, 0) is 79.2 Å². The number of fused-ring (bicyclic) bond motifs is 1. The monoisotopic (exact) mass is 383 g/mol. The fourth-order valence-electron chi connectivity index (χ4n) is 6.50.